The van der Waals surface area contributed by atoms with Crippen LogP contribution in [0.5, 0.6) is 0 Å². The number of nitrogens with one attached hydrogen (secondary N) is 1. The molecule has 1 N–H and O–H groups in total. The third kappa shape index (κ3) is 1.63. The highest BCUT2D eigenvalue weighted by atomic mass is 35.5. The van der Waals surface area contributed by atoms with Crippen LogP contribution in [0.2, 0.25) is 5.02 Å². The molecule has 0 fully saturated rings. The third-order valence-electron chi connectivity index (χ3n) is 2.42. The molecule has 1 heterocycles. The predicted molar refractivity (Wildman–Crippen MR) is 66.3 cm³/mol. The van der Waals surface area contributed by atoms with Crippen molar-refractivity contribution in [3.8, 4) is 0 Å². The van der Waals surface area contributed by atoms with Crippen molar-refractivity contribution >= 4 is 34.1 Å². The highest BCUT2D eigenvalue weighted by Gasteiger charge is 2.15. The number of halogens is 1. The minimum Gasteiger partial charge on any atom is -0.372 e. The van der Waals surface area contributed by atoms with E-state index in [2.05, 4.69) is 10.3 Å². The SMILES string of the molecule is CNc1nc2ccccc2c(Cl)c1C(C)=O. The van der Waals surface area contributed by atoms with Gasteiger partial charge in [0.25, 0.3) is 0 Å². The molecule has 0 unspecified atom stereocenters. The minimum atomic E-state index is -0.0902. The zero-order valence-electron chi connectivity index (χ0n) is 9.04. The molecule has 0 atom stereocenters. The van der Waals surface area contributed by atoms with Crippen LogP contribution in [0.3, 0.4) is 0 Å². The first kappa shape index (κ1) is 10.9. The second kappa shape index (κ2) is 4.10. The van der Waals surface area contributed by atoms with Gasteiger partial charge < -0.3 is 5.32 Å². The third-order valence-corrected chi connectivity index (χ3v) is 2.81. The number of hydrogen-bond acceptors (Lipinski definition) is 3. The number of rotatable bonds is 2. The van der Waals surface area contributed by atoms with Crippen molar-refractivity contribution in [3.05, 3.63) is 34.9 Å². The molecular formula is C12H11ClN2O. The lowest BCUT2D eigenvalue weighted by Crippen LogP contribution is -2.04. The number of carbonyl (C=O) groups is 1. The van der Waals surface area contributed by atoms with Crippen LogP contribution in [0.15, 0.2) is 24.3 Å². The fourth-order valence-electron chi connectivity index (χ4n) is 1.67. The summed E-state index contributed by atoms with van der Waals surface area (Å²) in [5, 5.41) is 4.15. The molecule has 0 saturated heterocycles. The summed E-state index contributed by atoms with van der Waals surface area (Å²) in [6, 6.07) is 7.49. The minimum absolute atomic E-state index is 0.0902. The van der Waals surface area contributed by atoms with E-state index in [0.29, 0.717) is 16.4 Å². The summed E-state index contributed by atoms with van der Waals surface area (Å²) in [7, 11) is 1.72. The number of Topliss-reactive ketones (excluding diaryl/α,β-unsaturated/α-hetero) is 1. The molecule has 82 valence electrons. The van der Waals surface area contributed by atoms with Crippen LogP contribution >= 0.6 is 11.6 Å². The Morgan fingerprint density at radius 2 is 2.06 bits per heavy atom. The van der Waals surface area contributed by atoms with Gasteiger partial charge >= 0.3 is 0 Å². The molecule has 0 bridgehead atoms. The van der Waals surface area contributed by atoms with Crippen LogP contribution in [-0.2, 0) is 0 Å². The summed E-state index contributed by atoms with van der Waals surface area (Å²) >= 11 is 6.22. The molecule has 0 aliphatic heterocycles. The van der Waals surface area contributed by atoms with E-state index in [9.17, 15) is 4.79 Å². The first-order chi connectivity index (χ1) is 7.65. The van der Waals surface area contributed by atoms with Gasteiger partial charge in [-0.25, -0.2) is 4.98 Å². The van der Waals surface area contributed by atoms with E-state index in [1.165, 1.54) is 6.92 Å². The Labute approximate surface area is 98.4 Å². The van der Waals surface area contributed by atoms with E-state index >= 15 is 0 Å². The topological polar surface area (TPSA) is 42.0 Å². The average molecular weight is 235 g/mol. The largest absolute Gasteiger partial charge is 0.372 e. The Balaban J connectivity index is 2.87. The fourth-order valence-corrected chi connectivity index (χ4v) is 2.06. The first-order valence-electron chi connectivity index (χ1n) is 4.92. The van der Waals surface area contributed by atoms with Crippen LogP contribution in [0.1, 0.15) is 17.3 Å². The fraction of sp³-hybridized carbons (Fsp3) is 0.167. The van der Waals surface area contributed by atoms with Gasteiger partial charge in [0.2, 0.25) is 0 Å². The van der Waals surface area contributed by atoms with Crippen molar-refractivity contribution in [3.63, 3.8) is 0 Å². The molecule has 1 aromatic heterocycles. The summed E-state index contributed by atoms with van der Waals surface area (Å²) in [5.74, 6) is 0.434. The van der Waals surface area contributed by atoms with Gasteiger partial charge in [-0.1, -0.05) is 29.8 Å². The van der Waals surface area contributed by atoms with E-state index in [1.54, 1.807) is 7.05 Å². The van der Waals surface area contributed by atoms with E-state index in [1.807, 2.05) is 24.3 Å². The van der Waals surface area contributed by atoms with Crippen LogP contribution in [-0.4, -0.2) is 17.8 Å². The number of para-hydroxylation sites is 1. The number of ketones is 1. The number of nitrogens with zero attached hydrogens (tertiary/aromatic N) is 1. The van der Waals surface area contributed by atoms with Crippen LogP contribution < -0.4 is 5.32 Å². The highest BCUT2D eigenvalue weighted by Crippen LogP contribution is 2.30. The monoisotopic (exact) mass is 234 g/mol. The Hall–Kier alpha value is -1.61. The number of aromatic nitrogens is 1. The zero-order valence-corrected chi connectivity index (χ0v) is 9.80. The smallest absolute Gasteiger partial charge is 0.165 e. The number of benzene rings is 1. The maximum atomic E-state index is 11.5. The number of fused-ring (bicyclic) bond motifs is 1. The standard InChI is InChI=1S/C12H11ClN2O/c1-7(16)10-11(13)8-5-3-4-6-9(8)15-12(10)14-2/h3-6H,1-2H3,(H,14,15). The Morgan fingerprint density at radius 1 is 1.38 bits per heavy atom. The molecule has 0 aliphatic rings. The van der Waals surface area contributed by atoms with E-state index in [4.69, 9.17) is 11.6 Å². The van der Waals surface area contributed by atoms with Crippen molar-refractivity contribution in [2.24, 2.45) is 0 Å². The Kier molecular flexibility index (Phi) is 2.79. The van der Waals surface area contributed by atoms with Crippen LogP contribution in [0.4, 0.5) is 5.82 Å². The van der Waals surface area contributed by atoms with Crippen LogP contribution in [0, 0.1) is 0 Å². The number of hydrogen-bond donors (Lipinski definition) is 1. The van der Waals surface area contributed by atoms with Crippen molar-refractivity contribution < 1.29 is 4.79 Å². The van der Waals surface area contributed by atoms with Gasteiger partial charge in [0, 0.05) is 12.4 Å². The summed E-state index contributed by atoms with van der Waals surface area (Å²) in [6.45, 7) is 1.48. The lowest BCUT2D eigenvalue weighted by molar-refractivity contribution is 0.101. The molecule has 1 aromatic carbocycles. The maximum absolute atomic E-state index is 11.5. The van der Waals surface area contributed by atoms with E-state index in [-0.39, 0.29) is 5.78 Å². The second-order valence-electron chi connectivity index (χ2n) is 3.47. The second-order valence-corrected chi connectivity index (χ2v) is 3.85. The first-order valence-corrected chi connectivity index (χ1v) is 5.30. The summed E-state index contributed by atoms with van der Waals surface area (Å²) in [4.78, 5) is 15.9. The average Bonchev–Trinajstić information content (AvgIpc) is 2.28. The molecule has 2 rings (SSSR count). The molecule has 3 nitrogen and oxygen atoms in total. The van der Waals surface area contributed by atoms with Crippen LogP contribution in [0.25, 0.3) is 10.9 Å². The molecule has 0 spiro atoms. The van der Waals surface area contributed by atoms with Gasteiger partial charge in [-0.3, -0.25) is 4.79 Å². The summed E-state index contributed by atoms with van der Waals surface area (Å²) in [5.41, 5.74) is 1.23. The molecule has 16 heavy (non-hydrogen) atoms. The highest BCUT2D eigenvalue weighted by molar-refractivity contribution is 6.39. The number of carbonyl (C=O) groups excluding carboxylic acids is 1. The molecule has 0 radical (unpaired) electrons. The van der Waals surface area contributed by atoms with Gasteiger partial charge in [0.15, 0.2) is 5.78 Å². The number of anilines is 1. The quantitative estimate of drug-likeness (QED) is 0.812. The summed E-state index contributed by atoms with van der Waals surface area (Å²) < 4.78 is 0. The van der Waals surface area contributed by atoms with Crippen molar-refractivity contribution in [2.75, 3.05) is 12.4 Å². The van der Waals surface area contributed by atoms with E-state index < -0.39 is 0 Å². The Bertz CT molecular complexity index is 566. The van der Waals surface area contributed by atoms with Crippen molar-refractivity contribution in [1.82, 2.24) is 4.98 Å². The van der Waals surface area contributed by atoms with Gasteiger partial charge in [-0.2, -0.15) is 0 Å². The lowest BCUT2D eigenvalue weighted by Gasteiger charge is -2.10. The summed E-state index contributed by atoms with van der Waals surface area (Å²) in [6.07, 6.45) is 0. The molecule has 0 saturated carbocycles. The van der Waals surface area contributed by atoms with Crippen molar-refractivity contribution in [1.29, 1.82) is 0 Å². The molecule has 0 amide bonds. The lowest BCUT2D eigenvalue weighted by atomic mass is 10.1. The predicted octanol–water partition coefficient (Wildman–Crippen LogP) is 3.13. The zero-order chi connectivity index (χ0) is 11.7. The van der Waals surface area contributed by atoms with Gasteiger partial charge in [-0.05, 0) is 13.0 Å². The van der Waals surface area contributed by atoms with Gasteiger partial charge in [0.1, 0.15) is 5.82 Å². The van der Waals surface area contributed by atoms with Gasteiger partial charge in [-0.15, -0.1) is 0 Å². The molecule has 0 aliphatic carbocycles. The molecular weight excluding hydrogens is 224 g/mol. The Morgan fingerprint density at radius 3 is 2.69 bits per heavy atom. The molecule has 4 heteroatoms. The van der Waals surface area contributed by atoms with E-state index in [0.717, 1.165) is 10.9 Å². The van der Waals surface area contributed by atoms with Gasteiger partial charge in [0.05, 0.1) is 16.1 Å². The normalized spacial score (nSPS) is 10.4. The maximum Gasteiger partial charge on any atom is 0.165 e. The molecule has 2 aromatic rings. The van der Waals surface area contributed by atoms with Crippen molar-refractivity contribution in [2.45, 2.75) is 6.92 Å². The number of pyridine rings is 1.